The van der Waals surface area contributed by atoms with Crippen molar-refractivity contribution in [3.8, 4) is 11.3 Å². The maximum atomic E-state index is 13.8. The van der Waals surface area contributed by atoms with Gasteiger partial charge in [-0.3, -0.25) is 14.3 Å². The summed E-state index contributed by atoms with van der Waals surface area (Å²) in [4.78, 5) is 44.4. The van der Waals surface area contributed by atoms with Crippen LogP contribution in [-0.2, 0) is 19.8 Å². The molecule has 2 saturated carbocycles. The van der Waals surface area contributed by atoms with Gasteiger partial charge < -0.3 is 30.7 Å². The van der Waals surface area contributed by atoms with E-state index in [4.69, 9.17) is 11.6 Å². The van der Waals surface area contributed by atoms with Crippen LogP contribution in [0, 0.1) is 17.8 Å². The summed E-state index contributed by atoms with van der Waals surface area (Å²) >= 11 is 6.40. The maximum Gasteiger partial charge on any atom is 0.435 e. The number of benzene rings is 1. The minimum atomic E-state index is -4.88. The summed E-state index contributed by atoms with van der Waals surface area (Å²) in [5.41, 5.74) is -1.38. The Labute approximate surface area is 275 Å². The predicted octanol–water partition coefficient (Wildman–Crippen LogP) is 3.59. The second kappa shape index (κ2) is 11.7. The number of hydrogen-bond donors (Lipinski definition) is 4. The zero-order chi connectivity index (χ0) is 34.1. The summed E-state index contributed by atoms with van der Waals surface area (Å²) in [6.45, 7) is 2.36. The number of urea groups is 1. The highest BCUT2D eigenvalue weighted by Gasteiger charge is 2.58. The van der Waals surface area contributed by atoms with Crippen molar-refractivity contribution in [1.29, 1.82) is 0 Å². The van der Waals surface area contributed by atoms with E-state index in [1.54, 1.807) is 4.90 Å². The van der Waals surface area contributed by atoms with Crippen LogP contribution in [0.1, 0.15) is 39.5 Å². The fourth-order valence-corrected chi connectivity index (χ4v) is 6.89. The number of nitrogens with one attached hydrogen (secondary N) is 4. The Morgan fingerprint density at radius 2 is 1.85 bits per heavy atom. The van der Waals surface area contributed by atoms with E-state index in [1.165, 1.54) is 25.2 Å². The van der Waals surface area contributed by atoms with Gasteiger partial charge in [0.25, 0.3) is 17.7 Å². The Morgan fingerprint density at radius 1 is 1.12 bits per heavy atom. The monoisotopic (exact) mass is 695 g/mol. The number of likely N-dealkylation sites (tertiary alicyclic amines) is 1. The largest absolute Gasteiger partial charge is 0.435 e. The molecular formula is C30H31ClF5N9O3. The topological polar surface area (TPSA) is 138 Å². The van der Waals surface area contributed by atoms with Crippen LogP contribution in [0.2, 0.25) is 5.02 Å². The highest BCUT2D eigenvalue weighted by molar-refractivity contribution is 6.34. The summed E-state index contributed by atoms with van der Waals surface area (Å²) in [6, 6.07) is 4.22. The van der Waals surface area contributed by atoms with E-state index in [2.05, 4.69) is 31.3 Å². The Balaban J connectivity index is 0.967. The van der Waals surface area contributed by atoms with Crippen molar-refractivity contribution in [3.63, 3.8) is 0 Å². The molecule has 0 radical (unpaired) electrons. The van der Waals surface area contributed by atoms with Crippen molar-refractivity contribution in [2.24, 2.45) is 24.8 Å². The van der Waals surface area contributed by atoms with Gasteiger partial charge in [0.2, 0.25) is 0 Å². The third-order valence-corrected chi connectivity index (χ3v) is 9.81. The fourth-order valence-electron chi connectivity index (χ4n) is 6.62. The number of fused-ring (bicyclic) bond motifs is 1. The molecule has 256 valence electrons. The molecule has 1 unspecified atom stereocenters. The molecule has 0 bridgehead atoms. The zero-order valence-electron chi connectivity index (χ0n) is 25.5. The summed E-state index contributed by atoms with van der Waals surface area (Å²) < 4.78 is 70.2. The molecule has 48 heavy (non-hydrogen) atoms. The zero-order valence-corrected chi connectivity index (χ0v) is 26.2. The number of carbonyl (C=O) groups is 3. The average Bonchev–Trinajstić information content (AvgIpc) is 3.49. The van der Waals surface area contributed by atoms with Gasteiger partial charge in [-0.05, 0) is 31.2 Å². The number of carbonyl (C=O) groups excluding carboxylic acids is 3. The Kier molecular flexibility index (Phi) is 7.89. The van der Waals surface area contributed by atoms with E-state index in [1.807, 2.05) is 0 Å². The van der Waals surface area contributed by atoms with Crippen LogP contribution >= 0.6 is 11.6 Å². The number of halogens is 6. The fraction of sp³-hybridized carbons (Fsp3) is 0.500. The van der Waals surface area contributed by atoms with Gasteiger partial charge in [-0.1, -0.05) is 11.6 Å². The number of anilines is 1. The lowest BCUT2D eigenvalue weighted by molar-refractivity contribution is -0.141. The van der Waals surface area contributed by atoms with Crippen LogP contribution in [0.4, 0.5) is 32.4 Å². The third kappa shape index (κ3) is 6.20. The lowest BCUT2D eigenvalue weighted by Crippen LogP contribution is -2.46. The molecule has 4 N–H and O–H groups in total. The highest BCUT2D eigenvalue weighted by Crippen LogP contribution is 2.50. The lowest BCUT2D eigenvalue weighted by Gasteiger charge is -2.23. The molecule has 5 atom stereocenters. The second-order valence-corrected chi connectivity index (χ2v) is 13.2. The minimum absolute atomic E-state index is 0.0614. The van der Waals surface area contributed by atoms with E-state index in [0.717, 1.165) is 41.2 Å². The first-order valence-electron chi connectivity index (χ1n) is 15.4. The van der Waals surface area contributed by atoms with Gasteiger partial charge in [0.15, 0.2) is 11.5 Å². The summed E-state index contributed by atoms with van der Waals surface area (Å²) in [5.74, 6) is -5.11. The van der Waals surface area contributed by atoms with Crippen molar-refractivity contribution >= 4 is 35.1 Å². The first kappa shape index (κ1) is 32.3. The van der Waals surface area contributed by atoms with E-state index in [0.29, 0.717) is 13.1 Å². The molecule has 4 aliphatic rings. The van der Waals surface area contributed by atoms with Gasteiger partial charge >= 0.3 is 12.2 Å². The van der Waals surface area contributed by atoms with Crippen molar-refractivity contribution in [1.82, 2.24) is 40.2 Å². The molecule has 2 aliphatic heterocycles. The molecule has 1 aromatic carbocycles. The number of aromatic nitrogens is 4. The van der Waals surface area contributed by atoms with E-state index in [-0.39, 0.29) is 64.3 Å². The minimum Gasteiger partial charge on any atom is -0.349 e. The maximum absolute atomic E-state index is 13.8. The molecule has 3 aromatic rings. The molecular weight excluding hydrogens is 665 g/mol. The normalized spacial score (nSPS) is 25.5. The van der Waals surface area contributed by atoms with Crippen LogP contribution in [0.25, 0.3) is 11.3 Å². The molecule has 18 heteroatoms. The van der Waals surface area contributed by atoms with Crippen molar-refractivity contribution in [3.05, 3.63) is 52.7 Å². The molecule has 12 nitrogen and oxygen atoms in total. The van der Waals surface area contributed by atoms with Gasteiger partial charge in [0.1, 0.15) is 0 Å². The summed E-state index contributed by atoms with van der Waals surface area (Å²) in [6.07, 6.45) is -2.31. The Hall–Kier alpha value is -4.25. The van der Waals surface area contributed by atoms with Crippen molar-refractivity contribution in [2.45, 2.75) is 43.6 Å². The lowest BCUT2D eigenvalue weighted by atomic mass is 10.2. The number of amides is 4. The number of alkyl halides is 5. The van der Waals surface area contributed by atoms with Crippen molar-refractivity contribution < 1.29 is 36.3 Å². The molecule has 0 spiro atoms. The van der Waals surface area contributed by atoms with Gasteiger partial charge in [-0.2, -0.15) is 18.3 Å². The van der Waals surface area contributed by atoms with Crippen LogP contribution < -0.4 is 21.3 Å². The molecule has 4 heterocycles. The van der Waals surface area contributed by atoms with Crippen LogP contribution in [0.15, 0.2) is 30.6 Å². The SMILES string of the molecule is Cn1c(-c2cn(CC3CC3(F)F)nc2C(F)(F)F)cnc1C(=O)Nc1ccc(C(=O)N[C@H]2[C@@H]3CN(C(=O)N[C@H]4CCNC4)C[C@@H]32)c(Cl)c1. The van der Waals surface area contributed by atoms with Crippen LogP contribution in [-0.4, -0.2) is 86.3 Å². The third-order valence-electron chi connectivity index (χ3n) is 9.50. The standard InChI is InChI=1S/C30H31ClF5N9O3/c1-43-22(20-13-45(10-14-7-29(14,32)33)42-24(20)30(34,35)36)9-38-25(43)27(47)39-15-2-3-17(21(31)6-15)26(46)41-23-18-11-44(12-19(18)23)28(48)40-16-4-5-37-8-16/h2-3,6,9,13-14,16,18-19,23,37H,4-5,7-8,10-12H2,1H3,(H,39,47)(H,40,48)(H,41,46)/t14?,16-,18-,19+,23+/m0/s1. The molecule has 4 fully saturated rings. The van der Waals surface area contributed by atoms with Gasteiger partial charge in [0.05, 0.1) is 28.0 Å². The quantitative estimate of drug-likeness (QED) is 0.266. The van der Waals surface area contributed by atoms with Gasteiger partial charge in [-0.15, -0.1) is 0 Å². The average molecular weight is 696 g/mol. The van der Waals surface area contributed by atoms with Crippen LogP contribution in [0.3, 0.4) is 0 Å². The van der Waals surface area contributed by atoms with E-state index < -0.39 is 47.5 Å². The molecule has 2 saturated heterocycles. The second-order valence-electron chi connectivity index (χ2n) is 12.8. The van der Waals surface area contributed by atoms with Crippen LogP contribution in [0.5, 0.6) is 0 Å². The first-order valence-corrected chi connectivity index (χ1v) is 15.8. The number of nitrogens with zero attached hydrogens (tertiary/aromatic N) is 5. The number of piperidine rings is 1. The van der Waals surface area contributed by atoms with E-state index >= 15 is 0 Å². The van der Waals surface area contributed by atoms with E-state index in [9.17, 15) is 36.3 Å². The number of hydrogen-bond acceptors (Lipinski definition) is 6. The first-order chi connectivity index (χ1) is 22.7. The molecule has 7 rings (SSSR count). The molecule has 2 aliphatic carbocycles. The predicted molar refractivity (Wildman–Crippen MR) is 162 cm³/mol. The number of rotatable bonds is 8. The van der Waals surface area contributed by atoms with Crippen molar-refractivity contribution in [2.75, 3.05) is 31.5 Å². The highest BCUT2D eigenvalue weighted by atomic mass is 35.5. The van der Waals surface area contributed by atoms with Gasteiger partial charge in [0, 0.05) is 81.4 Å². The molecule has 4 amide bonds. The summed E-state index contributed by atoms with van der Waals surface area (Å²) in [5, 5.41) is 15.4. The molecule has 2 aromatic heterocycles. The summed E-state index contributed by atoms with van der Waals surface area (Å²) in [7, 11) is 1.34. The Morgan fingerprint density at radius 3 is 2.48 bits per heavy atom. The Bertz CT molecular complexity index is 1780. The van der Waals surface area contributed by atoms with Gasteiger partial charge in [-0.25, -0.2) is 18.6 Å². The number of imidazole rings is 1. The smallest absolute Gasteiger partial charge is 0.349 e.